The number of methoxy groups -OCH3 is 1. The highest BCUT2D eigenvalue weighted by Gasteiger charge is 2.85. The minimum atomic E-state index is -2.22. The SMILES string of the molecule is COC(=O)[C@]12OC[C@@]34[C@H]([C@H](O)[C@@H]1O)[C@]1(C)CC(=O)C(O)=C(C)[C@H]1C[C@H]3OC(=O)[C@@H](OC(=O)C=C(C)C)[C@@H]24. The lowest BCUT2D eigenvalue weighted by Gasteiger charge is -2.67. The molecule has 11 nitrogen and oxygen atoms in total. The Labute approximate surface area is 213 Å². The summed E-state index contributed by atoms with van der Waals surface area (Å²) in [5.74, 6) is -6.30. The maximum atomic E-state index is 13.4. The van der Waals surface area contributed by atoms with E-state index < -0.39 is 82.3 Å². The van der Waals surface area contributed by atoms with Crippen LogP contribution in [-0.4, -0.2) is 82.7 Å². The molecule has 2 saturated carbocycles. The first kappa shape index (κ1) is 25.9. The summed E-state index contributed by atoms with van der Waals surface area (Å²) in [6.45, 7) is 6.53. The number of carbonyl (C=O) groups excluding carboxylic acids is 4. The minimum Gasteiger partial charge on any atom is -0.504 e. The van der Waals surface area contributed by atoms with Crippen molar-refractivity contribution >= 4 is 23.7 Å². The highest BCUT2D eigenvalue weighted by Crippen LogP contribution is 2.72. The summed E-state index contributed by atoms with van der Waals surface area (Å²) < 4.78 is 22.5. The van der Waals surface area contributed by atoms with E-state index in [1.807, 2.05) is 0 Å². The summed E-state index contributed by atoms with van der Waals surface area (Å²) in [4.78, 5) is 52.2. The number of carbonyl (C=O) groups is 4. The zero-order valence-corrected chi connectivity index (χ0v) is 21.3. The Morgan fingerprint density at radius 1 is 1.16 bits per heavy atom. The van der Waals surface area contributed by atoms with E-state index in [9.17, 15) is 34.5 Å². The van der Waals surface area contributed by atoms with Gasteiger partial charge in [-0.2, -0.15) is 0 Å². The molecule has 10 atom stereocenters. The third kappa shape index (κ3) is 3.04. The van der Waals surface area contributed by atoms with E-state index in [2.05, 4.69) is 0 Å². The van der Waals surface area contributed by atoms with Gasteiger partial charge in [-0.15, -0.1) is 0 Å². The van der Waals surface area contributed by atoms with Crippen LogP contribution in [0.5, 0.6) is 0 Å². The van der Waals surface area contributed by atoms with Crippen molar-refractivity contribution in [3.63, 3.8) is 0 Å². The van der Waals surface area contributed by atoms with Crippen molar-refractivity contribution in [2.24, 2.45) is 28.6 Å². The van der Waals surface area contributed by atoms with Crippen LogP contribution in [-0.2, 0) is 38.1 Å². The Balaban J connectivity index is 1.74. The molecule has 2 aliphatic heterocycles. The van der Waals surface area contributed by atoms with Crippen molar-refractivity contribution in [3.8, 4) is 0 Å². The van der Waals surface area contributed by atoms with Crippen LogP contribution in [0.3, 0.4) is 0 Å². The van der Waals surface area contributed by atoms with Crippen LogP contribution in [0.2, 0.25) is 0 Å². The number of esters is 3. The number of ether oxygens (including phenoxy) is 4. The second-order valence-electron chi connectivity index (χ2n) is 11.5. The van der Waals surface area contributed by atoms with Gasteiger partial charge in [-0.3, -0.25) is 4.79 Å². The molecular weight excluding hydrogens is 488 g/mol. The maximum absolute atomic E-state index is 13.4. The number of aliphatic hydroxyl groups is 3. The van der Waals surface area contributed by atoms with Crippen molar-refractivity contribution in [1.82, 2.24) is 0 Å². The van der Waals surface area contributed by atoms with E-state index in [0.29, 0.717) is 11.1 Å². The Morgan fingerprint density at radius 2 is 1.84 bits per heavy atom. The third-order valence-corrected chi connectivity index (χ3v) is 9.49. The van der Waals surface area contributed by atoms with Crippen molar-refractivity contribution in [3.05, 3.63) is 23.0 Å². The van der Waals surface area contributed by atoms with Crippen LogP contribution in [0.1, 0.15) is 40.5 Å². The Bertz CT molecular complexity index is 1150. The second kappa shape index (κ2) is 8.12. The summed E-state index contributed by atoms with van der Waals surface area (Å²) in [7, 11) is 1.09. The molecule has 37 heavy (non-hydrogen) atoms. The zero-order chi connectivity index (χ0) is 27.2. The molecule has 4 fully saturated rings. The van der Waals surface area contributed by atoms with Gasteiger partial charge < -0.3 is 34.3 Å². The number of Topliss-reactive ketones (excluding diaryl/α,β-unsaturated/α-hetero) is 1. The van der Waals surface area contributed by atoms with Gasteiger partial charge in [-0.25, -0.2) is 14.4 Å². The quantitative estimate of drug-likeness (QED) is 0.270. The van der Waals surface area contributed by atoms with Crippen molar-refractivity contribution < 1.29 is 53.4 Å². The Morgan fingerprint density at radius 3 is 2.46 bits per heavy atom. The van der Waals surface area contributed by atoms with Gasteiger partial charge in [-0.1, -0.05) is 12.5 Å². The molecule has 1 spiro atoms. The van der Waals surface area contributed by atoms with Gasteiger partial charge in [0, 0.05) is 23.8 Å². The second-order valence-corrected chi connectivity index (χ2v) is 11.5. The van der Waals surface area contributed by atoms with Gasteiger partial charge in [0.2, 0.25) is 11.7 Å². The largest absolute Gasteiger partial charge is 0.504 e. The molecule has 0 aromatic carbocycles. The van der Waals surface area contributed by atoms with E-state index in [4.69, 9.17) is 18.9 Å². The topological polar surface area (TPSA) is 166 Å². The lowest BCUT2D eigenvalue weighted by Crippen LogP contribution is -2.79. The first-order valence-electron chi connectivity index (χ1n) is 12.3. The predicted molar refractivity (Wildman–Crippen MR) is 122 cm³/mol. The van der Waals surface area contributed by atoms with Crippen molar-refractivity contribution in [2.75, 3.05) is 13.7 Å². The molecule has 0 aromatic rings. The lowest BCUT2D eigenvalue weighted by molar-refractivity contribution is -0.290. The fraction of sp³-hybridized carbons (Fsp3) is 0.692. The smallest absolute Gasteiger partial charge is 0.348 e. The molecule has 2 saturated heterocycles. The molecule has 2 heterocycles. The molecule has 5 aliphatic rings. The molecular formula is C26H32O11. The van der Waals surface area contributed by atoms with Gasteiger partial charge in [0.05, 0.1) is 25.7 Å². The first-order chi connectivity index (χ1) is 17.3. The van der Waals surface area contributed by atoms with Crippen LogP contribution in [0.4, 0.5) is 0 Å². The summed E-state index contributed by atoms with van der Waals surface area (Å²) in [5.41, 5.74) is -3.50. The minimum absolute atomic E-state index is 0.141. The first-order valence-corrected chi connectivity index (χ1v) is 12.3. The summed E-state index contributed by atoms with van der Waals surface area (Å²) in [5, 5.41) is 33.6. The van der Waals surface area contributed by atoms with Crippen LogP contribution in [0.15, 0.2) is 23.0 Å². The summed E-state index contributed by atoms with van der Waals surface area (Å²) >= 11 is 0. The van der Waals surface area contributed by atoms with Crippen LogP contribution < -0.4 is 0 Å². The average Bonchev–Trinajstić information content (AvgIpc) is 3.12. The predicted octanol–water partition coefficient (Wildman–Crippen LogP) is 0.517. The zero-order valence-electron chi connectivity index (χ0n) is 21.3. The highest BCUT2D eigenvalue weighted by atomic mass is 16.6. The van der Waals surface area contributed by atoms with Gasteiger partial charge >= 0.3 is 17.9 Å². The molecule has 3 N–H and O–H groups in total. The van der Waals surface area contributed by atoms with Gasteiger partial charge in [0.1, 0.15) is 12.2 Å². The van der Waals surface area contributed by atoms with Crippen molar-refractivity contribution in [2.45, 2.75) is 70.6 Å². The average molecular weight is 521 g/mol. The molecule has 3 aliphatic carbocycles. The highest BCUT2D eigenvalue weighted by molar-refractivity contribution is 5.95. The lowest BCUT2D eigenvalue weighted by atomic mass is 9.38. The van der Waals surface area contributed by atoms with E-state index in [0.717, 1.165) is 7.11 Å². The van der Waals surface area contributed by atoms with E-state index in [1.165, 1.54) is 6.08 Å². The molecule has 0 amide bonds. The normalized spacial score (nSPS) is 45.9. The monoisotopic (exact) mass is 520 g/mol. The van der Waals surface area contributed by atoms with E-state index in [1.54, 1.807) is 27.7 Å². The fourth-order valence-electron chi connectivity index (χ4n) is 8.25. The van der Waals surface area contributed by atoms with Crippen LogP contribution in [0.25, 0.3) is 0 Å². The van der Waals surface area contributed by atoms with Crippen LogP contribution >= 0.6 is 0 Å². The summed E-state index contributed by atoms with van der Waals surface area (Å²) in [6, 6.07) is 0. The molecule has 11 heteroatoms. The van der Waals surface area contributed by atoms with Gasteiger partial charge in [0.25, 0.3) is 0 Å². The Hall–Kier alpha value is -2.76. The van der Waals surface area contributed by atoms with E-state index >= 15 is 0 Å². The molecule has 2 bridgehead atoms. The third-order valence-electron chi connectivity index (χ3n) is 9.49. The maximum Gasteiger partial charge on any atom is 0.348 e. The van der Waals surface area contributed by atoms with Crippen LogP contribution in [0, 0.1) is 28.6 Å². The number of hydrogen-bond donors (Lipinski definition) is 3. The van der Waals surface area contributed by atoms with E-state index in [-0.39, 0.29) is 25.2 Å². The molecule has 0 radical (unpaired) electrons. The summed E-state index contributed by atoms with van der Waals surface area (Å²) in [6.07, 6.45) is -4.79. The van der Waals surface area contributed by atoms with Crippen molar-refractivity contribution in [1.29, 1.82) is 0 Å². The number of ketones is 1. The molecule has 0 unspecified atom stereocenters. The number of fused-ring (bicyclic) bond motifs is 2. The fourth-order valence-corrected chi connectivity index (χ4v) is 8.25. The molecule has 202 valence electrons. The Kier molecular flexibility index (Phi) is 5.68. The molecule has 5 rings (SSSR count). The number of hydrogen-bond acceptors (Lipinski definition) is 11. The van der Waals surface area contributed by atoms with Gasteiger partial charge in [-0.05, 0) is 44.1 Å². The molecule has 0 aromatic heterocycles. The number of aliphatic hydroxyl groups excluding tert-OH is 3. The number of rotatable bonds is 3. The standard InChI is InChI=1S/C26H32O11/c1-10(2)6-15(28)37-18-20-25-9-35-26(20,23(33)34-5)21(31)17(30)19(25)24(4)8-13(27)16(29)11(3)12(24)7-14(25)36-22(18)32/h6,12,14,17-21,29-31H,7-9H2,1-5H3/t12-,14-,17+,18+,19-,20-,21+,24-,25+,26-/m1/s1. The number of allylic oxidation sites excluding steroid dienone is 3. The van der Waals surface area contributed by atoms with Gasteiger partial charge in [0.15, 0.2) is 11.5 Å².